The summed E-state index contributed by atoms with van der Waals surface area (Å²) in [5.74, 6) is -1.15. The fraction of sp³-hybridized carbons (Fsp3) is 0.833. The quantitative estimate of drug-likeness (QED) is 0.644. The van der Waals surface area contributed by atoms with Crippen LogP contribution in [0.3, 0.4) is 0 Å². The summed E-state index contributed by atoms with van der Waals surface area (Å²) in [5, 5.41) is 11.6. The lowest BCUT2D eigenvalue weighted by atomic mass is 9.85. The standard InChI is InChI=1S/C12H22N2O3/c1-2-5-9(10(15)16)14-11(17)12(8-13)6-3-4-7-12/h9H,2-8,13H2,1H3,(H,14,17)(H,15,16)/t9-/m0/s1. The van der Waals surface area contributed by atoms with Crippen molar-refractivity contribution in [3.8, 4) is 0 Å². The van der Waals surface area contributed by atoms with Crippen LogP contribution in [0.1, 0.15) is 45.4 Å². The molecule has 0 bridgehead atoms. The van der Waals surface area contributed by atoms with Crippen molar-refractivity contribution in [2.75, 3.05) is 6.54 Å². The minimum atomic E-state index is -0.967. The highest BCUT2D eigenvalue weighted by molar-refractivity contribution is 5.87. The molecule has 1 rings (SSSR count). The van der Waals surface area contributed by atoms with Gasteiger partial charge in [0, 0.05) is 6.54 Å². The molecule has 0 heterocycles. The van der Waals surface area contributed by atoms with Gasteiger partial charge in [-0.3, -0.25) is 4.79 Å². The second kappa shape index (κ2) is 6.00. The van der Waals surface area contributed by atoms with Gasteiger partial charge in [-0.05, 0) is 19.3 Å². The van der Waals surface area contributed by atoms with Crippen molar-refractivity contribution in [3.05, 3.63) is 0 Å². The number of nitrogens with two attached hydrogens (primary N) is 1. The zero-order valence-electron chi connectivity index (χ0n) is 10.4. The average molecular weight is 242 g/mol. The topological polar surface area (TPSA) is 92.4 Å². The molecule has 0 unspecified atom stereocenters. The molecule has 17 heavy (non-hydrogen) atoms. The summed E-state index contributed by atoms with van der Waals surface area (Å²) in [5.41, 5.74) is 5.16. The predicted molar refractivity (Wildman–Crippen MR) is 64.4 cm³/mol. The summed E-state index contributed by atoms with van der Waals surface area (Å²) >= 11 is 0. The van der Waals surface area contributed by atoms with E-state index in [4.69, 9.17) is 10.8 Å². The van der Waals surface area contributed by atoms with E-state index >= 15 is 0 Å². The first-order valence-corrected chi connectivity index (χ1v) is 6.29. The number of carbonyl (C=O) groups excluding carboxylic acids is 1. The first-order chi connectivity index (χ1) is 8.05. The summed E-state index contributed by atoms with van der Waals surface area (Å²) in [7, 11) is 0. The molecule has 0 saturated heterocycles. The highest BCUT2D eigenvalue weighted by atomic mass is 16.4. The van der Waals surface area contributed by atoms with Crippen molar-refractivity contribution in [1.82, 2.24) is 5.32 Å². The van der Waals surface area contributed by atoms with Crippen molar-refractivity contribution >= 4 is 11.9 Å². The Morgan fingerprint density at radius 1 is 1.41 bits per heavy atom. The van der Waals surface area contributed by atoms with Gasteiger partial charge >= 0.3 is 5.97 Å². The molecular weight excluding hydrogens is 220 g/mol. The highest BCUT2D eigenvalue weighted by Gasteiger charge is 2.41. The molecule has 0 spiro atoms. The number of carboxylic acids is 1. The van der Waals surface area contributed by atoms with E-state index in [0.717, 1.165) is 32.1 Å². The maximum Gasteiger partial charge on any atom is 0.326 e. The number of carbonyl (C=O) groups is 2. The lowest BCUT2D eigenvalue weighted by Crippen LogP contribution is -2.50. The van der Waals surface area contributed by atoms with Crippen molar-refractivity contribution < 1.29 is 14.7 Å². The molecule has 0 aromatic carbocycles. The Kier molecular flexibility index (Phi) is 4.93. The fourth-order valence-electron chi connectivity index (χ4n) is 2.43. The third kappa shape index (κ3) is 3.19. The van der Waals surface area contributed by atoms with Gasteiger partial charge < -0.3 is 16.2 Å². The van der Waals surface area contributed by atoms with Gasteiger partial charge in [0.2, 0.25) is 5.91 Å². The van der Waals surface area contributed by atoms with Gasteiger partial charge in [0.15, 0.2) is 0 Å². The number of amides is 1. The van der Waals surface area contributed by atoms with E-state index in [9.17, 15) is 9.59 Å². The normalized spacial score (nSPS) is 19.9. The van der Waals surface area contributed by atoms with Crippen LogP contribution in [-0.2, 0) is 9.59 Å². The molecule has 1 fully saturated rings. The van der Waals surface area contributed by atoms with Crippen LogP contribution >= 0.6 is 0 Å². The number of aliphatic carboxylic acids is 1. The Hall–Kier alpha value is -1.10. The van der Waals surface area contributed by atoms with Gasteiger partial charge in [0.05, 0.1) is 5.41 Å². The molecule has 1 aliphatic carbocycles. The number of carboxylic acid groups (broad SMARTS) is 1. The summed E-state index contributed by atoms with van der Waals surface area (Å²) in [6.45, 7) is 2.20. The van der Waals surface area contributed by atoms with E-state index in [1.54, 1.807) is 0 Å². The van der Waals surface area contributed by atoms with E-state index < -0.39 is 17.4 Å². The molecule has 0 aromatic rings. The van der Waals surface area contributed by atoms with Crippen molar-refractivity contribution in [3.63, 3.8) is 0 Å². The maximum absolute atomic E-state index is 12.1. The van der Waals surface area contributed by atoms with E-state index in [2.05, 4.69) is 5.32 Å². The molecule has 98 valence electrons. The van der Waals surface area contributed by atoms with Crippen LogP contribution in [0.25, 0.3) is 0 Å². The number of nitrogens with one attached hydrogen (secondary N) is 1. The third-order valence-electron chi connectivity index (χ3n) is 3.61. The first-order valence-electron chi connectivity index (χ1n) is 6.29. The van der Waals surface area contributed by atoms with Crippen LogP contribution in [0.5, 0.6) is 0 Å². The van der Waals surface area contributed by atoms with Crippen molar-refractivity contribution in [2.24, 2.45) is 11.1 Å². The fourth-order valence-corrected chi connectivity index (χ4v) is 2.43. The van der Waals surface area contributed by atoms with Gasteiger partial charge in [-0.2, -0.15) is 0 Å². The lowest BCUT2D eigenvalue weighted by molar-refractivity contribution is -0.144. The van der Waals surface area contributed by atoms with Crippen LogP contribution in [0.2, 0.25) is 0 Å². The van der Waals surface area contributed by atoms with Crippen LogP contribution in [-0.4, -0.2) is 29.6 Å². The molecule has 5 nitrogen and oxygen atoms in total. The Morgan fingerprint density at radius 2 is 2.00 bits per heavy atom. The van der Waals surface area contributed by atoms with Gasteiger partial charge in [-0.15, -0.1) is 0 Å². The Labute approximate surface area is 102 Å². The lowest BCUT2D eigenvalue weighted by Gasteiger charge is -2.27. The number of rotatable bonds is 6. The largest absolute Gasteiger partial charge is 0.480 e. The molecule has 0 aliphatic heterocycles. The molecule has 0 radical (unpaired) electrons. The summed E-state index contributed by atoms with van der Waals surface area (Å²) in [6, 6.07) is -0.781. The first kappa shape index (κ1) is 14.0. The molecule has 1 atom stereocenters. The van der Waals surface area contributed by atoms with E-state index in [-0.39, 0.29) is 5.91 Å². The van der Waals surface area contributed by atoms with Gasteiger partial charge in [0.1, 0.15) is 6.04 Å². The second-order valence-corrected chi connectivity index (χ2v) is 4.84. The van der Waals surface area contributed by atoms with Gasteiger partial charge in [-0.1, -0.05) is 26.2 Å². The van der Waals surface area contributed by atoms with Crippen LogP contribution < -0.4 is 11.1 Å². The molecular formula is C12H22N2O3. The second-order valence-electron chi connectivity index (χ2n) is 4.84. The SMILES string of the molecule is CCC[C@H](NC(=O)C1(CN)CCCC1)C(=O)O. The number of hydrogen-bond donors (Lipinski definition) is 3. The molecule has 1 amide bonds. The average Bonchev–Trinajstić information content (AvgIpc) is 2.78. The molecule has 1 saturated carbocycles. The Bertz CT molecular complexity index is 285. The monoisotopic (exact) mass is 242 g/mol. The zero-order valence-corrected chi connectivity index (χ0v) is 10.4. The Balaban J connectivity index is 2.65. The Morgan fingerprint density at radius 3 is 2.41 bits per heavy atom. The van der Waals surface area contributed by atoms with Gasteiger partial charge in [0.25, 0.3) is 0 Å². The van der Waals surface area contributed by atoms with Crippen molar-refractivity contribution in [1.29, 1.82) is 0 Å². The smallest absolute Gasteiger partial charge is 0.326 e. The molecule has 0 aromatic heterocycles. The predicted octanol–water partition coefficient (Wildman–Crippen LogP) is 0.875. The maximum atomic E-state index is 12.1. The molecule has 1 aliphatic rings. The minimum Gasteiger partial charge on any atom is -0.480 e. The third-order valence-corrected chi connectivity index (χ3v) is 3.61. The highest BCUT2D eigenvalue weighted by Crippen LogP contribution is 2.37. The van der Waals surface area contributed by atoms with E-state index in [0.29, 0.717) is 13.0 Å². The number of hydrogen-bond acceptors (Lipinski definition) is 3. The summed E-state index contributed by atoms with van der Waals surface area (Å²) < 4.78 is 0. The van der Waals surface area contributed by atoms with Crippen LogP contribution in [0.15, 0.2) is 0 Å². The summed E-state index contributed by atoms with van der Waals surface area (Å²) in [6.07, 6.45) is 4.72. The zero-order chi connectivity index (χ0) is 12.9. The summed E-state index contributed by atoms with van der Waals surface area (Å²) in [4.78, 5) is 23.1. The van der Waals surface area contributed by atoms with Gasteiger partial charge in [-0.25, -0.2) is 4.79 Å². The van der Waals surface area contributed by atoms with Crippen molar-refractivity contribution in [2.45, 2.75) is 51.5 Å². The van der Waals surface area contributed by atoms with E-state index in [1.807, 2.05) is 6.92 Å². The van der Waals surface area contributed by atoms with E-state index in [1.165, 1.54) is 0 Å². The molecule has 4 N–H and O–H groups in total. The minimum absolute atomic E-state index is 0.182. The molecule has 5 heteroatoms. The van der Waals surface area contributed by atoms with Crippen LogP contribution in [0, 0.1) is 5.41 Å². The van der Waals surface area contributed by atoms with Crippen LogP contribution in [0.4, 0.5) is 0 Å².